The lowest BCUT2D eigenvalue weighted by atomic mass is 9.49. The van der Waals surface area contributed by atoms with Crippen LogP contribution in [-0.2, 0) is 9.53 Å². The Morgan fingerprint density at radius 1 is 1.11 bits per heavy atom. The molecule has 0 aromatic heterocycles. The summed E-state index contributed by atoms with van der Waals surface area (Å²) in [5, 5.41) is 0. The Bertz CT molecular complexity index is 368. The summed E-state index contributed by atoms with van der Waals surface area (Å²) < 4.78 is 5.96. The minimum atomic E-state index is -0.272. The first-order valence-electron chi connectivity index (χ1n) is 7.47. The van der Waals surface area contributed by atoms with E-state index in [0.717, 1.165) is 18.3 Å². The summed E-state index contributed by atoms with van der Waals surface area (Å²) >= 11 is 0. The summed E-state index contributed by atoms with van der Waals surface area (Å²) in [6.07, 6.45) is 12.1. The molecule has 103 valence electrons. The quantitative estimate of drug-likeness (QED) is 0.556. The van der Waals surface area contributed by atoms with Gasteiger partial charge in [0.1, 0.15) is 5.60 Å². The first-order valence-corrected chi connectivity index (χ1v) is 7.47. The Balaban J connectivity index is 1.85. The molecule has 0 saturated heterocycles. The van der Waals surface area contributed by atoms with E-state index in [9.17, 15) is 4.79 Å². The van der Waals surface area contributed by atoms with Gasteiger partial charge in [-0.2, -0.15) is 0 Å². The highest BCUT2D eigenvalue weighted by atomic mass is 16.6. The van der Waals surface area contributed by atoms with Gasteiger partial charge in [0.05, 0.1) is 6.42 Å². The molecule has 0 heterocycles. The highest BCUT2D eigenvalue weighted by molar-refractivity contribution is 5.81. The third kappa shape index (κ3) is 2.05. The average Bonchev–Trinajstić information content (AvgIpc) is 2.35. The van der Waals surface area contributed by atoms with E-state index in [-0.39, 0.29) is 11.6 Å². The molecular formula is C17H23O2. The molecule has 4 fully saturated rings. The van der Waals surface area contributed by atoms with Crippen molar-refractivity contribution in [2.45, 2.75) is 44.1 Å². The van der Waals surface area contributed by atoms with E-state index in [1.165, 1.54) is 44.6 Å². The van der Waals surface area contributed by atoms with Crippen molar-refractivity contribution in [3.63, 3.8) is 0 Å². The molecular weight excluding hydrogens is 236 g/mol. The minimum Gasteiger partial charge on any atom is -0.458 e. The number of hydrogen-bond donors (Lipinski definition) is 0. The second kappa shape index (κ2) is 4.81. The molecule has 0 aliphatic heterocycles. The average molecular weight is 259 g/mol. The fourth-order valence-electron chi connectivity index (χ4n) is 5.07. The van der Waals surface area contributed by atoms with Gasteiger partial charge in [0.15, 0.2) is 0 Å². The lowest BCUT2D eigenvalue weighted by molar-refractivity contribution is -0.205. The predicted molar refractivity (Wildman–Crippen MR) is 75.2 cm³/mol. The second-order valence-electron chi connectivity index (χ2n) is 6.58. The summed E-state index contributed by atoms with van der Waals surface area (Å²) in [6.45, 7) is 7.47. The van der Waals surface area contributed by atoms with Crippen molar-refractivity contribution in [3.05, 3.63) is 31.7 Å². The van der Waals surface area contributed by atoms with Gasteiger partial charge in [-0.3, -0.25) is 4.79 Å². The standard InChI is InChI=1S/C17H23O2/c1-3-5-16(18)19-17(6-4-2)14-8-12-7-13(10-14)11-15(17)9-12/h3-5,12-15H,1-2,6-11H2. The van der Waals surface area contributed by atoms with E-state index >= 15 is 0 Å². The van der Waals surface area contributed by atoms with Crippen LogP contribution in [0.5, 0.6) is 0 Å². The zero-order chi connectivity index (χ0) is 13.5. The third-order valence-corrected chi connectivity index (χ3v) is 5.53. The Morgan fingerprint density at radius 2 is 1.68 bits per heavy atom. The maximum Gasteiger partial charge on any atom is 0.314 e. The Kier molecular flexibility index (Phi) is 3.28. The van der Waals surface area contributed by atoms with Gasteiger partial charge in [0.25, 0.3) is 0 Å². The summed E-state index contributed by atoms with van der Waals surface area (Å²) in [4.78, 5) is 11.9. The van der Waals surface area contributed by atoms with Gasteiger partial charge >= 0.3 is 5.97 Å². The fourth-order valence-corrected chi connectivity index (χ4v) is 5.07. The van der Waals surface area contributed by atoms with Crippen LogP contribution in [-0.4, -0.2) is 11.6 Å². The number of carbonyl (C=O) groups excluding carboxylic acids is 1. The maximum atomic E-state index is 11.9. The molecule has 2 heteroatoms. The fraction of sp³-hybridized carbons (Fsp3) is 0.647. The van der Waals surface area contributed by atoms with E-state index in [0.29, 0.717) is 11.8 Å². The van der Waals surface area contributed by atoms with Crippen LogP contribution in [0.2, 0.25) is 0 Å². The highest BCUT2D eigenvalue weighted by Crippen LogP contribution is 2.60. The molecule has 2 nitrogen and oxygen atoms in total. The van der Waals surface area contributed by atoms with Crippen LogP contribution in [0.15, 0.2) is 25.3 Å². The highest BCUT2D eigenvalue weighted by Gasteiger charge is 2.58. The second-order valence-corrected chi connectivity index (χ2v) is 6.58. The zero-order valence-corrected chi connectivity index (χ0v) is 11.5. The molecule has 4 rings (SSSR count). The Morgan fingerprint density at radius 3 is 2.16 bits per heavy atom. The van der Waals surface area contributed by atoms with E-state index in [1.54, 1.807) is 0 Å². The number of esters is 1. The minimum absolute atomic E-state index is 0.232. The van der Waals surface area contributed by atoms with Crippen molar-refractivity contribution < 1.29 is 9.53 Å². The van der Waals surface area contributed by atoms with Crippen molar-refractivity contribution in [2.75, 3.05) is 0 Å². The molecule has 0 aromatic rings. The van der Waals surface area contributed by atoms with Gasteiger partial charge in [-0.1, -0.05) is 12.2 Å². The maximum absolute atomic E-state index is 11.9. The van der Waals surface area contributed by atoms with Crippen LogP contribution in [0.1, 0.15) is 38.5 Å². The van der Waals surface area contributed by atoms with Crippen molar-refractivity contribution in [3.8, 4) is 0 Å². The summed E-state index contributed by atoms with van der Waals surface area (Å²) in [6, 6.07) is 0. The van der Waals surface area contributed by atoms with Crippen molar-refractivity contribution in [2.24, 2.45) is 23.7 Å². The summed E-state index contributed by atoms with van der Waals surface area (Å²) in [7, 11) is 0. The molecule has 4 aliphatic rings. The third-order valence-electron chi connectivity index (χ3n) is 5.53. The van der Waals surface area contributed by atoms with Crippen molar-refractivity contribution in [1.29, 1.82) is 0 Å². The summed E-state index contributed by atoms with van der Waals surface area (Å²) in [5.74, 6) is 2.61. The van der Waals surface area contributed by atoms with Crippen LogP contribution >= 0.6 is 0 Å². The molecule has 4 saturated carbocycles. The van der Waals surface area contributed by atoms with Crippen molar-refractivity contribution >= 4 is 5.97 Å². The first-order chi connectivity index (χ1) is 9.18. The topological polar surface area (TPSA) is 26.3 Å². The van der Waals surface area contributed by atoms with Gasteiger partial charge in [-0.15, -0.1) is 13.2 Å². The van der Waals surface area contributed by atoms with Crippen LogP contribution in [0.25, 0.3) is 0 Å². The molecule has 1 radical (unpaired) electrons. The van der Waals surface area contributed by atoms with Crippen LogP contribution in [0.3, 0.4) is 0 Å². The molecule has 0 aromatic carbocycles. The van der Waals surface area contributed by atoms with Crippen LogP contribution in [0, 0.1) is 30.1 Å². The molecule has 19 heavy (non-hydrogen) atoms. The van der Waals surface area contributed by atoms with Gasteiger partial charge in [0, 0.05) is 6.42 Å². The molecule has 0 N–H and O–H groups in total. The molecule has 0 amide bonds. The van der Waals surface area contributed by atoms with Gasteiger partial charge in [-0.05, 0) is 55.8 Å². The molecule has 4 bridgehead atoms. The van der Waals surface area contributed by atoms with E-state index < -0.39 is 0 Å². The Hall–Kier alpha value is -1.05. The summed E-state index contributed by atoms with van der Waals surface area (Å²) in [5.41, 5.74) is -0.272. The normalized spacial score (nSPS) is 42.9. The predicted octanol–water partition coefficient (Wildman–Crippen LogP) is 3.69. The van der Waals surface area contributed by atoms with Gasteiger partial charge < -0.3 is 4.74 Å². The molecule has 0 unspecified atom stereocenters. The van der Waals surface area contributed by atoms with Gasteiger partial charge in [-0.25, -0.2) is 0 Å². The number of carbonyl (C=O) groups is 1. The molecule has 4 aliphatic carbocycles. The monoisotopic (exact) mass is 259 g/mol. The number of rotatable bonds is 5. The van der Waals surface area contributed by atoms with Crippen LogP contribution in [0.4, 0.5) is 0 Å². The molecule has 0 atom stereocenters. The van der Waals surface area contributed by atoms with E-state index in [1.807, 2.05) is 6.08 Å². The van der Waals surface area contributed by atoms with E-state index in [2.05, 4.69) is 13.2 Å². The molecule has 0 spiro atoms. The smallest absolute Gasteiger partial charge is 0.314 e. The first kappa shape index (κ1) is 13.0. The lowest BCUT2D eigenvalue weighted by Crippen LogP contribution is -2.59. The number of ether oxygens (including phenoxy) is 1. The SMILES string of the molecule is C=C[CH]C(=O)OC1(CC=C)C2CC3CC(C2)CC1C3. The zero-order valence-electron chi connectivity index (χ0n) is 11.5. The van der Waals surface area contributed by atoms with Crippen molar-refractivity contribution in [1.82, 2.24) is 0 Å². The number of hydrogen-bond acceptors (Lipinski definition) is 2. The van der Waals surface area contributed by atoms with Crippen LogP contribution < -0.4 is 0 Å². The van der Waals surface area contributed by atoms with Gasteiger partial charge in [0.2, 0.25) is 0 Å². The lowest BCUT2D eigenvalue weighted by Gasteiger charge is -2.60. The largest absolute Gasteiger partial charge is 0.458 e. The van der Waals surface area contributed by atoms with E-state index in [4.69, 9.17) is 4.74 Å². The Labute approximate surface area is 115 Å².